The minimum absolute atomic E-state index is 0.119. The highest BCUT2D eigenvalue weighted by molar-refractivity contribution is 5.86. The fourth-order valence-electron chi connectivity index (χ4n) is 4.22. The van der Waals surface area contributed by atoms with E-state index in [1.54, 1.807) is 4.90 Å². The van der Waals surface area contributed by atoms with Crippen molar-refractivity contribution in [3.05, 3.63) is 33.1 Å². The van der Waals surface area contributed by atoms with Crippen molar-refractivity contribution in [1.29, 1.82) is 0 Å². The van der Waals surface area contributed by atoms with Gasteiger partial charge in [0.05, 0.1) is 5.41 Å². The van der Waals surface area contributed by atoms with Gasteiger partial charge >= 0.3 is 5.69 Å². The molecule has 8 nitrogen and oxygen atoms in total. The number of carbonyl (C=O) groups excluding carboxylic acids is 2. The van der Waals surface area contributed by atoms with Gasteiger partial charge in [-0.25, -0.2) is 4.79 Å². The molecule has 4 rings (SSSR count). The van der Waals surface area contributed by atoms with E-state index in [-0.39, 0.29) is 18.4 Å². The van der Waals surface area contributed by atoms with Crippen molar-refractivity contribution in [2.24, 2.45) is 11.3 Å². The lowest BCUT2D eigenvalue weighted by molar-refractivity contribution is -0.146. The molecular weight excluding hydrogens is 336 g/mol. The minimum Gasteiger partial charge on any atom is -0.342 e. The van der Waals surface area contributed by atoms with Crippen molar-refractivity contribution in [3.8, 4) is 0 Å². The Labute approximate surface area is 150 Å². The molecule has 1 aromatic heterocycles. The summed E-state index contributed by atoms with van der Waals surface area (Å²) in [6, 6.07) is 1.22. The summed E-state index contributed by atoms with van der Waals surface area (Å²) in [5.41, 5.74) is -1.52. The van der Waals surface area contributed by atoms with Crippen LogP contribution in [-0.4, -0.2) is 57.3 Å². The van der Waals surface area contributed by atoms with Gasteiger partial charge in [-0.2, -0.15) is 0 Å². The van der Waals surface area contributed by atoms with Crippen molar-refractivity contribution in [2.45, 2.75) is 38.6 Å². The molecule has 140 valence electrons. The maximum absolute atomic E-state index is 13.0. The number of hydrogen-bond acceptors (Lipinski definition) is 4. The lowest BCUT2D eigenvalue weighted by Crippen LogP contribution is -2.51. The summed E-state index contributed by atoms with van der Waals surface area (Å²) in [5, 5.41) is 0. The average Bonchev–Trinajstić information content (AvgIpc) is 3.32. The fraction of sp³-hybridized carbons (Fsp3) is 0.667. The summed E-state index contributed by atoms with van der Waals surface area (Å²) in [6.45, 7) is 2.55. The zero-order valence-corrected chi connectivity index (χ0v) is 14.8. The van der Waals surface area contributed by atoms with Gasteiger partial charge in [-0.3, -0.25) is 23.9 Å². The molecular formula is C18H24N4O4. The van der Waals surface area contributed by atoms with Crippen LogP contribution in [-0.2, 0) is 16.1 Å². The monoisotopic (exact) mass is 360 g/mol. The van der Waals surface area contributed by atoms with E-state index in [1.807, 2.05) is 4.90 Å². The van der Waals surface area contributed by atoms with Crippen LogP contribution in [0.3, 0.4) is 0 Å². The third-order valence-electron chi connectivity index (χ3n) is 5.91. The van der Waals surface area contributed by atoms with E-state index in [0.717, 1.165) is 25.9 Å². The van der Waals surface area contributed by atoms with E-state index >= 15 is 0 Å². The van der Waals surface area contributed by atoms with Crippen molar-refractivity contribution in [1.82, 2.24) is 19.4 Å². The molecule has 1 atom stereocenters. The van der Waals surface area contributed by atoms with E-state index in [1.165, 1.54) is 29.7 Å². The Balaban J connectivity index is 1.43. The van der Waals surface area contributed by atoms with Crippen LogP contribution in [0.5, 0.6) is 0 Å². The van der Waals surface area contributed by atoms with Gasteiger partial charge < -0.3 is 9.80 Å². The smallest absolute Gasteiger partial charge is 0.328 e. The summed E-state index contributed by atoms with van der Waals surface area (Å²) in [5.74, 6) is 0.677. The number of aromatic amines is 1. The average molecular weight is 360 g/mol. The van der Waals surface area contributed by atoms with Gasteiger partial charge in [0.25, 0.3) is 5.56 Å². The van der Waals surface area contributed by atoms with Gasteiger partial charge in [0.15, 0.2) is 0 Å². The van der Waals surface area contributed by atoms with Crippen molar-refractivity contribution in [2.75, 3.05) is 26.2 Å². The zero-order valence-electron chi connectivity index (χ0n) is 14.8. The van der Waals surface area contributed by atoms with E-state index in [9.17, 15) is 19.2 Å². The molecule has 0 radical (unpaired) electrons. The molecule has 1 N–H and O–H groups in total. The van der Waals surface area contributed by atoms with Crippen LogP contribution >= 0.6 is 0 Å². The molecule has 1 aromatic rings. The lowest BCUT2D eigenvalue weighted by Gasteiger charge is -2.39. The van der Waals surface area contributed by atoms with E-state index in [0.29, 0.717) is 25.4 Å². The Morgan fingerprint density at radius 2 is 2.00 bits per heavy atom. The minimum atomic E-state index is -0.593. The highest BCUT2D eigenvalue weighted by Crippen LogP contribution is 2.41. The van der Waals surface area contributed by atoms with Gasteiger partial charge in [-0.05, 0) is 38.0 Å². The molecule has 3 aliphatic rings. The first-order valence-corrected chi connectivity index (χ1v) is 9.34. The summed E-state index contributed by atoms with van der Waals surface area (Å²) in [4.78, 5) is 54.4. The van der Waals surface area contributed by atoms with Crippen LogP contribution in [0.1, 0.15) is 32.1 Å². The van der Waals surface area contributed by atoms with Crippen molar-refractivity contribution in [3.63, 3.8) is 0 Å². The second kappa shape index (κ2) is 6.41. The van der Waals surface area contributed by atoms with Gasteiger partial charge in [0.2, 0.25) is 11.8 Å². The van der Waals surface area contributed by atoms with Crippen LogP contribution in [0.15, 0.2) is 21.9 Å². The Bertz CT molecular complexity index is 840. The van der Waals surface area contributed by atoms with Crippen LogP contribution in [0.2, 0.25) is 0 Å². The third kappa shape index (κ3) is 3.20. The Kier molecular flexibility index (Phi) is 4.20. The molecule has 26 heavy (non-hydrogen) atoms. The van der Waals surface area contributed by atoms with E-state index in [4.69, 9.17) is 0 Å². The maximum atomic E-state index is 13.0. The molecule has 0 unspecified atom stereocenters. The highest BCUT2D eigenvalue weighted by Gasteiger charge is 2.49. The number of nitrogens with zero attached hydrogens (tertiary/aromatic N) is 3. The van der Waals surface area contributed by atoms with Crippen molar-refractivity contribution >= 4 is 11.8 Å². The quantitative estimate of drug-likeness (QED) is 0.804. The topological polar surface area (TPSA) is 95.5 Å². The summed E-state index contributed by atoms with van der Waals surface area (Å²) >= 11 is 0. The molecule has 8 heteroatoms. The van der Waals surface area contributed by atoms with Crippen LogP contribution in [0.25, 0.3) is 0 Å². The molecule has 2 amide bonds. The second-order valence-corrected chi connectivity index (χ2v) is 7.88. The van der Waals surface area contributed by atoms with Crippen LogP contribution in [0, 0.1) is 11.3 Å². The van der Waals surface area contributed by atoms with Crippen molar-refractivity contribution < 1.29 is 9.59 Å². The lowest BCUT2D eigenvalue weighted by atomic mass is 9.78. The molecule has 1 saturated carbocycles. The van der Waals surface area contributed by atoms with Gasteiger partial charge in [0.1, 0.15) is 6.54 Å². The van der Waals surface area contributed by atoms with Crippen LogP contribution < -0.4 is 11.2 Å². The Hall–Kier alpha value is -2.38. The first-order chi connectivity index (χ1) is 12.5. The van der Waals surface area contributed by atoms with E-state index < -0.39 is 16.7 Å². The third-order valence-corrected chi connectivity index (χ3v) is 5.91. The van der Waals surface area contributed by atoms with Crippen LogP contribution in [0.4, 0.5) is 0 Å². The molecule has 3 heterocycles. The molecule has 3 fully saturated rings. The first kappa shape index (κ1) is 17.1. The fourth-order valence-corrected chi connectivity index (χ4v) is 4.22. The number of amides is 2. The number of piperidine rings is 1. The number of carbonyl (C=O) groups is 2. The number of H-pyrrole nitrogens is 1. The molecule has 1 aliphatic carbocycles. The maximum Gasteiger partial charge on any atom is 0.328 e. The first-order valence-electron chi connectivity index (χ1n) is 9.34. The molecule has 0 aromatic carbocycles. The summed E-state index contributed by atoms with van der Waals surface area (Å²) < 4.78 is 1.19. The molecule has 2 saturated heterocycles. The number of aromatic nitrogens is 2. The van der Waals surface area contributed by atoms with Gasteiger partial charge in [-0.1, -0.05) is 0 Å². The Morgan fingerprint density at radius 3 is 2.73 bits per heavy atom. The standard InChI is InChI=1S/C18H24N4O4/c23-14-4-8-21(17(26)19-14)11-15(24)22-9-6-18(12-22)5-1-7-20(16(18)25)10-13-2-3-13/h4,8,13H,1-3,5-7,9-12H2,(H,19,23,26)/t18-/m0/s1. The van der Waals surface area contributed by atoms with Gasteiger partial charge in [0, 0.05) is 38.4 Å². The highest BCUT2D eigenvalue weighted by atomic mass is 16.2. The SMILES string of the molecule is O=C(Cn1ccc(=O)[nH]c1=O)N1CC[C@@]2(CCCN(CC3CC3)C2=O)C1. The summed E-state index contributed by atoms with van der Waals surface area (Å²) in [6.07, 6.45) is 6.27. The summed E-state index contributed by atoms with van der Waals surface area (Å²) in [7, 11) is 0. The zero-order chi connectivity index (χ0) is 18.3. The number of nitrogens with one attached hydrogen (secondary N) is 1. The van der Waals surface area contributed by atoms with E-state index in [2.05, 4.69) is 4.98 Å². The largest absolute Gasteiger partial charge is 0.342 e. The predicted molar refractivity (Wildman–Crippen MR) is 93.5 cm³/mol. The number of rotatable bonds is 4. The molecule has 1 spiro atoms. The number of hydrogen-bond donors (Lipinski definition) is 1. The number of likely N-dealkylation sites (tertiary alicyclic amines) is 2. The Morgan fingerprint density at radius 1 is 1.19 bits per heavy atom. The second-order valence-electron chi connectivity index (χ2n) is 7.88. The molecule has 2 aliphatic heterocycles. The molecule has 0 bridgehead atoms. The van der Waals surface area contributed by atoms with Gasteiger partial charge in [-0.15, -0.1) is 0 Å². The normalized spacial score (nSPS) is 25.9. The predicted octanol–water partition coefficient (Wildman–Crippen LogP) is -0.212.